The Labute approximate surface area is 231 Å². The number of halogens is 2. The molecule has 1 aliphatic rings. The Kier molecular flexibility index (Phi) is 9.01. The first kappa shape index (κ1) is 27.2. The maximum Gasteiger partial charge on any atom is 0.349 e. The normalized spacial score (nSPS) is 14.2. The molecule has 3 aromatic rings. The van der Waals surface area contributed by atoms with Crippen LogP contribution in [0.1, 0.15) is 43.2 Å². The highest BCUT2D eigenvalue weighted by atomic mass is 35.5. The highest BCUT2D eigenvalue weighted by Gasteiger charge is 2.33. The monoisotopic (exact) mass is 552 g/mol. The number of carbonyl (C=O) groups is 1. The fraction of sp³-hybridized carbons (Fsp3) is 0.241. The second-order valence-corrected chi connectivity index (χ2v) is 9.40. The van der Waals surface area contributed by atoms with Crippen LogP contribution in [0.5, 0.6) is 23.0 Å². The molecular formula is C29H26Cl2N2O5. The van der Waals surface area contributed by atoms with Gasteiger partial charge in [-0.3, -0.25) is 0 Å². The first-order valence-corrected chi connectivity index (χ1v) is 12.9. The molecule has 0 aliphatic carbocycles. The van der Waals surface area contributed by atoms with Crippen molar-refractivity contribution in [3.8, 4) is 29.1 Å². The highest BCUT2D eigenvalue weighted by Crippen LogP contribution is 2.46. The number of carbonyl (C=O) groups excluding carboxylic acids is 1. The molecule has 1 aliphatic heterocycles. The fourth-order valence-electron chi connectivity index (χ4n) is 4.09. The van der Waals surface area contributed by atoms with Gasteiger partial charge in [0, 0.05) is 22.2 Å². The molecule has 0 saturated heterocycles. The van der Waals surface area contributed by atoms with Crippen molar-refractivity contribution in [3.63, 3.8) is 0 Å². The van der Waals surface area contributed by atoms with Crippen molar-refractivity contribution in [2.75, 3.05) is 13.2 Å². The van der Waals surface area contributed by atoms with Gasteiger partial charge in [-0.2, -0.15) is 5.26 Å². The zero-order valence-corrected chi connectivity index (χ0v) is 22.2. The van der Waals surface area contributed by atoms with Crippen molar-refractivity contribution < 1.29 is 23.7 Å². The third-order valence-electron chi connectivity index (χ3n) is 5.90. The van der Waals surface area contributed by atoms with Crippen molar-refractivity contribution in [1.29, 1.82) is 5.26 Å². The lowest BCUT2D eigenvalue weighted by molar-refractivity contribution is -0.136. The third kappa shape index (κ3) is 6.34. The Balaban J connectivity index is 1.55. The van der Waals surface area contributed by atoms with E-state index in [0.717, 1.165) is 24.8 Å². The van der Waals surface area contributed by atoms with Gasteiger partial charge in [0.25, 0.3) is 0 Å². The van der Waals surface area contributed by atoms with Gasteiger partial charge in [0.2, 0.25) is 5.88 Å². The molecule has 0 amide bonds. The number of nitrogens with zero attached hydrogens (tertiary/aromatic N) is 1. The van der Waals surface area contributed by atoms with E-state index in [0.29, 0.717) is 34.4 Å². The minimum atomic E-state index is -0.643. The van der Waals surface area contributed by atoms with E-state index in [4.69, 9.17) is 47.9 Å². The lowest BCUT2D eigenvalue weighted by Gasteiger charge is -2.28. The number of benzene rings is 3. The van der Waals surface area contributed by atoms with Crippen LogP contribution in [-0.4, -0.2) is 19.2 Å². The molecule has 1 unspecified atom stereocenters. The summed E-state index contributed by atoms with van der Waals surface area (Å²) in [5.41, 5.74) is 7.93. The third-order valence-corrected chi connectivity index (χ3v) is 6.43. The van der Waals surface area contributed by atoms with Gasteiger partial charge < -0.3 is 24.7 Å². The van der Waals surface area contributed by atoms with Crippen LogP contribution in [0, 0.1) is 11.3 Å². The standard InChI is InChI=1S/C29H26Cl2N2O5/c1-2-3-6-13-35-24-8-5-4-7-20(24)28-21-11-10-19(15-26(21)38-29(33)22(28)16-32)37-27(34)17-36-25-12-9-18(30)14-23(25)31/h4-5,7-12,14-15,28H,2-3,6,13,17,33H2,1H3. The van der Waals surface area contributed by atoms with Gasteiger partial charge in [0.05, 0.1) is 17.5 Å². The second-order valence-electron chi connectivity index (χ2n) is 8.56. The quantitative estimate of drug-likeness (QED) is 0.168. The Morgan fingerprint density at radius 3 is 2.61 bits per heavy atom. The number of hydrogen-bond acceptors (Lipinski definition) is 7. The van der Waals surface area contributed by atoms with Crippen molar-refractivity contribution in [2.24, 2.45) is 5.73 Å². The molecule has 3 aromatic carbocycles. The SMILES string of the molecule is CCCCCOc1ccccc1C1C(C#N)=C(N)Oc2cc(OC(=O)COc3ccc(Cl)cc3Cl)ccc21. The molecule has 0 spiro atoms. The molecule has 0 radical (unpaired) electrons. The Hall–Kier alpha value is -3.86. The van der Waals surface area contributed by atoms with E-state index < -0.39 is 11.9 Å². The lowest BCUT2D eigenvalue weighted by atomic mass is 9.83. The average Bonchev–Trinajstić information content (AvgIpc) is 2.90. The zero-order chi connectivity index (χ0) is 27.1. The number of hydrogen-bond donors (Lipinski definition) is 1. The topological polar surface area (TPSA) is 104 Å². The van der Waals surface area contributed by atoms with E-state index in [-0.39, 0.29) is 28.8 Å². The maximum absolute atomic E-state index is 12.4. The molecule has 38 heavy (non-hydrogen) atoms. The summed E-state index contributed by atoms with van der Waals surface area (Å²) >= 11 is 12.0. The van der Waals surface area contributed by atoms with Gasteiger partial charge in [0.1, 0.15) is 34.6 Å². The summed E-state index contributed by atoms with van der Waals surface area (Å²) in [7, 11) is 0. The molecule has 0 bridgehead atoms. The van der Waals surface area contributed by atoms with E-state index in [1.807, 2.05) is 24.3 Å². The van der Waals surface area contributed by atoms with E-state index >= 15 is 0 Å². The number of fused-ring (bicyclic) bond motifs is 1. The Morgan fingerprint density at radius 2 is 1.84 bits per heavy atom. The molecule has 7 nitrogen and oxygen atoms in total. The van der Waals surface area contributed by atoms with Gasteiger partial charge in [-0.25, -0.2) is 4.79 Å². The lowest BCUT2D eigenvalue weighted by Crippen LogP contribution is -2.22. The van der Waals surface area contributed by atoms with E-state index in [9.17, 15) is 10.1 Å². The molecule has 9 heteroatoms. The summed E-state index contributed by atoms with van der Waals surface area (Å²) in [4.78, 5) is 12.4. The van der Waals surface area contributed by atoms with E-state index in [1.165, 1.54) is 6.07 Å². The van der Waals surface area contributed by atoms with Crippen LogP contribution in [0.15, 0.2) is 72.1 Å². The second kappa shape index (κ2) is 12.6. The summed E-state index contributed by atoms with van der Waals surface area (Å²) in [5, 5.41) is 10.6. The first-order valence-electron chi connectivity index (χ1n) is 12.1. The molecule has 196 valence electrons. The van der Waals surface area contributed by atoms with Crippen molar-refractivity contribution in [2.45, 2.75) is 32.1 Å². The maximum atomic E-state index is 12.4. The van der Waals surface area contributed by atoms with Gasteiger partial charge in [-0.05, 0) is 36.8 Å². The highest BCUT2D eigenvalue weighted by molar-refractivity contribution is 6.35. The van der Waals surface area contributed by atoms with Crippen LogP contribution < -0.4 is 24.7 Å². The molecule has 0 aromatic heterocycles. The van der Waals surface area contributed by atoms with E-state index in [2.05, 4.69) is 13.0 Å². The fourth-order valence-corrected chi connectivity index (χ4v) is 4.56. The van der Waals surface area contributed by atoms with Gasteiger partial charge in [0.15, 0.2) is 6.61 Å². The van der Waals surface area contributed by atoms with Crippen LogP contribution >= 0.6 is 23.2 Å². The number of para-hydroxylation sites is 1. The van der Waals surface area contributed by atoms with Crippen LogP contribution in [0.4, 0.5) is 0 Å². The number of allylic oxidation sites excluding steroid dienone is 1. The van der Waals surface area contributed by atoms with Crippen LogP contribution in [-0.2, 0) is 4.79 Å². The minimum Gasteiger partial charge on any atom is -0.493 e. The number of nitrogens with two attached hydrogens (primary N) is 1. The molecule has 1 atom stereocenters. The van der Waals surface area contributed by atoms with Crippen molar-refractivity contribution >= 4 is 29.2 Å². The molecule has 0 fully saturated rings. The van der Waals surface area contributed by atoms with Crippen LogP contribution in [0.2, 0.25) is 10.0 Å². The number of unbranched alkanes of at least 4 members (excludes halogenated alkanes) is 2. The summed E-state index contributed by atoms with van der Waals surface area (Å²) in [6.45, 7) is 2.33. The number of rotatable bonds is 10. The Bertz CT molecular complexity index is 1400. The molecule has 2 N–H and O–H groups in total. The van der Waals surface area contributed by atoms with E-state index in [1.54, 1.807) is 30.3 Å². The van der Waals surface area contributed by atoms with Gasteiger partial charge >= 0.3 is 5.97 Å². The minimum absolute atomic E-state index is 0.0185. The molecule has 0 saturated carbocycles. The average molecular weight is 553 g/mol. The summed E-state index contributed by atoms with van der Waals surface area (Å²) in [6.07, 6.45) is 3.09. The zero-order valence-electron chi connectivity index (χ0n) is 20.7. The molecular weight excluding hydrogens is 527 g/mol. The van der Waals surface area contributed by atoms with Gasteiger partial charge in [-0.1, -0.05) is 67.2 Å². The molecule has 1 heterocycles. The van der Waals surface area contributed by atoms with Crippen LogP contribution in [0.3, 0.4) is 0 Å². The predicted octanol–water partition coefficient (Wildman–Crippen LogP) is 6.76. The summed E-state index contributed by atoms with van der Waals surface area (Å²) in [5.74, 6) is 0.421. The van der Waals surface area contributed by atoms with Crippen molar-refractivity contribution in [3.05, 3.63) is 93.3 Å². The number of nitriles is 1. The predicted molar refractivity (Wildman–Crippen MR) is 145 cm³/mol. The summed E-state index contributed by atoms with van der Waals surface area (Å²) in [6, 6.07) is 19.4. The summed E-state index contributed by atoms with van der Waals surface area (Å²) < 4.78 is 22.7. The largest absolute Gasteiger partial charge is 0.493 e. The smallest absolute Gasteiger partial charge is 0.349 e. The van der Waals surface area contributed by atoms with Crippen LogP contribution in [0.25, 0.3) is 0 Å². The molecule has 4 rings (SSSR count). The van der Waals surface area contributed by atoms with Gasteiger partial charge in [-0.15, -0.1) is 0 Å². The Morgan fingerprint density at radius 1 is 1.03 bits per heavy atom. The van der Waals surface area contributed by atoms with Crippen molar-refractivity contribution in [1.82, 2.24) is 0 Å². The number of ether oxygens (including phenoxy) is 4. The first-order chi connectivity index (χ1) is 18.4. The number of esters is 1.